The number of likely N-dealkylation sites (N-methyl/N-ethyl adjacent to an activating group) is 1. The number of hydrogen-bond acceptors (Lipinski definition) is 4. The molecule has 2 N–H and O–H groups in total. The Morgan fingerprint density at radius 2 is 1.81 bits per heavy atom. The van der Waals surface area contributed by atoms with Crippen LogP contribution in [-0.4, -0.2) is 67.4 Å². The fraction of sp³-hybridized carbons (Fsp3) is 0.522. The Labute approximate surface area is 185 Å². The summed E-state index contributed by atoms with van der Waals surface area (Å²) in [6, 6.07) is 8.03. The van der Waals surface area contributed by atoms with Crippen molar-refractivity contribution in [1.29, 1.82) is 0 Å². The Kier molecular flexibility index (Phi) is 9.37. The van der Waals surface area contributed by atoms with Gasteiger partial charge in [-0.1, -0.05) is 12.1 Å². The molecule has 0 saturated heterocycles. The summed E-state index contributed by atoms with van der Waals surface area (Å²) in [5.41, 5.74) is 4.81. The average Bonchev–Trinajstić information content (AvgIpc) is 3.00. The van der Waals surface area contributed by atoms with Crippen molar-refractivity contribution in [3.8, 4) is 5.75 Å². The molecule has 8 nitrogen and oxygen atoms in total. The van der Waals surface area contributed by atoms with Crippen LogP contribution in [0, 0.1) is 13.8 Å². The van der Waals surface area contributed by atoms with Crippen LogP contribution in [0.3, 0.4) is 0 Å². The highest BCUT2D eigenvalue weighted by Crippen LogP contribution is 2.13. The molecule has 170 valence electrons. The smallest absolute Gasteiger partial charge is 0.243 e. The van der Waals surface area contributed by atoms with Gasteiger partial charge in [-0.15, -0.1) is 0 Å². The minimum Gasteiger partial charge on any atom is -0.497 e. The van der Waals surface area contributed by atoms with Gasteiger partial charge in [0.15, 0.2) is 5.96 Å². The fourth-order valence-corrected chi connectivity index (χ4v) is 3.23. The number of hydrogen-bond donors (Lipinski definition) is 2. The summed E-state index contributed by atoms with van der Waals surface area (Å²) in [6.45, 7) is 5.75. The van der Waals surface area contributed by atoms with Gasteiger partial charge in [-0.2, -0.15) is 5.10 Å². The van der Waals surface area contributed by atoms with Gasteiger partial charge in [0.05, 0.1) is 12.8 Å². The second-order valence-electron chi connectivity index (χ2n) is 7.78. The van der Waals surface area contributed by atoms with Gasteiger partial charge in [-0.05, 0) is 56.4 Å². The number of aryl methyl sites for hydroxylation is 2. The van der Waals surface area contributed by atoms with Crippen molar-refractivity contribution in [2.75, 3.05) is 40.8 Å². The molecule has 8 heteroatoms. The van der Waals surface area contributed by atoms with E-state index in [-0.39, 0.29) is 12.5 Å². The molecular weight excluding hydrogens is 392 g/mol. The zero-order chi connectivity index (χ0) is 22.8. The molecule has 0 aliphatic rings. The van der Waals surface area contributed by atoms with Crippen LogP contribution in [0.1, 0.15) is 28.9 Å². The van der Waals surface area contributed by atoms with Crippen LogP contribution in [0.4, 0.5) is 0 Å². The predicted molar refractivity (Wildman–Crippen MR) is 125 cm³/mol. The first-order chi connectivity index (χ1) is 14.8. The normalized spacial score (nSPS) is 11.4. The molecule has 0 bridgehead atoms. The van der Waals surface area contributed by atoms with Gasteiger partial charge >= 0.3 is 0 Å². The molecule has 0 saturated carbocycles. The van der Waals surface area contributed by atoms with Gasteiger partial charge in [-0.3, -0.25) is 9.48 Å². The molecule has 2 aromatic rings. The molecule has 1 aromatic heterocycles. The lowest BCUT2D eigenvalue weighted by Gasteiger charge is -2.14. The fourth-order valence-electron chi connectivity index (χ4n) is 3.23. The van der Waals surface area contributed by atoms with Crippen molar-refractivity contribution in [2.45, 2.75) is 33.1 Å². The van der Waals surface area contributed by atoms with Crippen molar-refractivity contribution in [3.05, 3.63) is 46.8 Å². The molecule has 0 aliphatic carbocycles. The van der Waals surface area contributed by atoms with Gasteiger partial charge in [0.2, 0.25) is 5.91 Å². The highest BCUT2D eigenvalue weighted by molar-refractivity contribution is 5.84. The lowest BCUT2D eigenvalue weighted by atomic mass is 10.1. The van der Waals surface area contributed by atoms with E-state index < -0.39 is 0 Å². The number of aliphatic imine (C=N–C) groups is 1. The van der Waals surface area contributed by atoms with E-state index in [0.717, 1.165) is 43.8 Å². The van der Waals surface area contributed by atoms with Crippen LogP contribution in [0.15, 0.2) is 29.3 Å². The van der Waals surface area contributed by atoms with E-state index in [4.69, 9.17) is 4.74 Å². The van der Waals surface area contributed by atoms with Gasteiger partial charge in [0, 0.05) is 39.9 Å². The Hall–Kier alpha value is -3.03. The zero-order valence-electron chi connectivity index (χ0n) is 19.7. The van der Waals surface area contributed by atoms with Crippen LogP contribution < -0.4 is 15.4 Å². The van der Waals surface area contributed by atoms with Crippen LogP contribution in [0.25, 0.3) is 0 Å². The largest absolute Gasteiger partial charge is 0.497 e. The molecule has 0 fully saturated rings. The molecule has 1 amide bonds. The quantitative estimate of drug-likeness (QED) is 0.343. The zero-order valence-corrected chi connectivity index (χ0v) is 19.7. The number of amides is 1. The van der Waals surface area contributed by atoms with E-state index >= 15 is 0 Å². The van der Waals surface area contributed by atoms with Crippen molar-refractivity contribution >= 4 is 11.9 Å². The molecule has 2 rings (SSSR count). The summed E-state index contributed by atoms with van der Waals surface area (Å²) >= 11 is 0. The Balaban J connectivity index is 1.87. The number of benzene rings is 1. The molecule has 0 atom stereocenters. The number of nitrogens with zero attached hydrogens (tertiary/aromatic N) is 4. The van der Waals surface area contributed by atoms with Crippen molar-refractivity contribution in [3.63, 3.8) is 0 Å². The summed E-state index contributed by atoms with van der Waals surface area (Å²) < 4.78 is 7.13. The molecular formula is C23H36N6O2. The topological polar surface area (TPSA) is 83.8 Å². The van der Waals surface area contributed by atoms with E-state index in [2.05, 4.69) is 46.7 Å². The number of methoxy groups -OCH3 is 1. The molecule has 0 unspecified atom stereocenters. The second kappa shape index (κ2) is 12.0. The third-order valence-corrected chi connectivity index (χ3v) is 5.29. The molecule has 31 heavy (non-hydrogen) atoms. The van der Waals surface area contributed by atoms with E-state index in [1.54, 1.807) is 26.1 Å². The second-order valence-corrected chi connectivity index (χ2v) is 7.78. The monoisotopic (exact) mass is 428 g/mol. The SMILES string of the molecule is COc1ccc(CCNC(=NCC(=O)N(C)C)NCCCc2c(C)nn(C)c2C)cc1. The summed E-state index contributed by atoms with van der Waals surface area (Å²) in [5, 5.41) is 11.2. The minimum absolute atomic E-state index is 0.0298. The summed E-state index contributed by atoms with van der Waals surface area (Å²) in [7, 11) is 7.11. The lowest BCUT2D eigenvalue weighted by molar-refractivity contribution is -0.127. The highest BCUT2D eigenvalue weighted by Gasteiger charge is 2.09. The average molecular weight is 429 g/mol. The number of aromatic nitrogens is 2. The third kappa shape index (κ3) is 7.62. The van der Waals surface area contributed by atoms with E-state index in [0.29, 0.717) is 5.96 Å². The first-order valence-corrected chi connectivity index (χ1v) is 10.7. The van der Waals surface area contributed by atoms with E-state index in [1.807, 2.05) is 23.9 Å². The van der Waals surface area contributed by atoms with Gasteiger partial charge in [-0.25, -0.2) is 4.99 Å². The molecule has 1 heterocycles. The summed E-state index contributed by atoms with van der Waals surface area (Å²) in [5.74, 6) is 1.48. The number of rotatable bonds is 10. The van der Waals surface area contributed by atoms with Crippen LogP contribution >= 0.6 is 0 Å². The first kappa shape index (κ1) is 24.2. The number of carbonyl (C=O) groups is 1. The lowest BCUT2D eigenvalue weighted by Crippen LogP contribution is -2.40. The Morgan fingerprint density at radius 3 is 2.39 bits per heavy atom. The van der Waals surface area contributed by atoms with Crippen LogP contribution in [0.2, 0.25) is 0 Å². The Morgan fingerprint density at radius 1 is 1.13 bits per heavy atom. The van der Waals surface area contributed by atoms with Gasteiger partial charge < -0.3 is 20.3 Å². The molecule has 1 aromatic carbocycles. The number of ether oxygens (including phenoxy) is 1. The molecule has 0 spiro atoms. The third-order valence-electron chi connectivity index (χ3n) is 5.29. The van der Waals surface area contributed by atoms with Gasteiger partial charge in [0.1, 0.15) is 12.3 Å². The van der Waals surface area contributed by atoms with E-state index in [1.165, 1.54) is 16.8 Å². The van der Waals surface area contributed by atoms with E-state index in [9.17, 15) is 4.79 Å². The number of carbonyl (C=O) groups excluding carboxylic acids is 1. The number of nitrogens with one attached hydrogen (secondary N) is 2. The van der Waals surface area contributed by atoms with Crippen molar-refractivity contribution in [2.24, 2.45) is 12.0 Å². The molecule has 0 aliphatic heterocycles. The van der Waals surface area contributed by atoms with Gasteiger partial charge in [0.25, 0.3) is 0 Å². The summed E-state index contributed by atoms with van der Waals surface area (Å²) in [6.07, 6.45) is 2.75. The summed E-state index contributed by atoms with van der Waals surface area (Å²) in [4.78, 5) is 17.9. The predicted octanol–water partition coefficient (Wildman–Crippen LogP) is 1.84. The highest BCUT2D eigenvalue weighted by atomic mass is 16.5. The Bertz CT molecular complexity index is 871. The minimum atomic E-state index is -0.0298. The van der Waals surface area contributed by atoms with Crippen LogP contribution in [-0.2, 0) is 24.7 Å². The maximum atomic E-state index is 11.9. The van der Waals surface area contributed by atoms with Crippen LogP contribution in [0.5, 0.6) is 5.75 Å². The maximum Gasteiger partial charge on any atom is 0.243 e. The standard InChI is InChI=1S/C23H36N6O2/c1-17-21(18(2)29(5)27-17)8-7-14-24-23(26-16-22(30)28(3)4)25-15-13-19-9-11-20(31-6)12-10-19/h9-12H,7-8,13-16H2,1-6H3,(H2,24,25,26). The number of guanidine groups is 1. The molecule has 0 radical (unpaired) electrons. The first-order valence-electron chi connectivity index (χ1n) is 10.7. The van der Waals surface area contributed by atoms with Crippen molar-refractivity contribution in [1.82, 2.24) is 25.3 Å². The maximum absolute atomic E-state index is 11.9. The van der Waals surface area contributed by atoms with Crippen molar-refractivity contribution < 1.29 is 9.53 Å².